The number of hydrogen-bond acceptors (Lipinski definition) is 6. The number of nitrogens with one attached hydrogen (secondary N) is 1. The minimum atomic E-state index is -0.450. The number of nitrogens with zero attached hydrogens (tertiary/aromatic N) is 1. The molecule has 0 fully saturated rings. The molecule has 0 saturated heterocycles. The molecule has 0 atom stereocenters. The zero-order chi connectivity index (χ0) is 13.8. The molecule has 0 aliphatic rings. The van der Waals surface area contributed by atoms with Crippen LogP contribution in [0.3, 0.4) is 0 Å². The lowest BCUT2D eigenvalue weighted by Gasteiger charge is -2.07. The third-order valence-electron chi connectivity index (χ3n) is 2.31. The monoisotopic (exact) mass is 342 g/mol. The van der Waals surface area contributed by atoms with E-state index in [0.29, 0.717) is 5.13 Å². The number of carbonyl (C=O) groups excluding carboxylic acids is 1. The molecule has 0 radical (unpaired) electrons. The fourth-order valence-corrected chi connectivity index (χ4v) is 2.41. The van der Waals surface area contributed by atoms with E-state index in [1.54, 1.807) is 12.5 Å². The van der Waals surface area contributed by atoms with Gasteiger partial charge in [-0.3, -0.25) is 0 Å². The summed E-state index contributed by atoms with van der Waals surface area (Å²) in [6.07, 6.45) is 0. The number of hydrogen-bond donors (Lipinski definition) is 1. The first-order valence-corrected chi connectivity index (χ1v) is 6.95. The Bertz CT molecular complexity index is 600. The van der Waals surface area contributed by atoms with E-state index in [2.05, 4.69) is 31.0 Å². The van der Waals surface area contributed by atoms with Gasteiger partial charge in [0.05, 0.1) is 19.9 Å². The van der Waals surface area contributed by atoms with Crippen molar-refractivity contribution in [3.8, 4) is 5.75 Å². The van der Waals surface area contributed by atoms with Crippen LogP contribution in [0.1, 0.15) is 10.5 Å². The van der Waals surface area contributed by atoms with Crippen molar-refractivity contribution >= 4 is 44.1 Å². The quantitative estimate of drug-likeness (QED) is 0.862. The molecule has 0 amide bonds. The molecule has 19 heavy (non-hydrogen) atoms. The summed E-state index contributed by atoms with van der Waals surface area (Å²) >= 11 is 4.76. The van der Waals surface area contributed by atoms with Crippen molar-refractivity contribution < 1.29 is 14.3 Å². The first kappa shape index (κ1) is 13.8. The van der Waals surface area contributed by atoms with Crippen LogP contribution in [0.25, 0.3) is 0 Å². The number of esters is 1. The minimum absolute atomic E-state index is 0.286. The zero-order valence-corrected chi connectivity index (χ0v) is 12.7. The third kappa shape index (κ3) is 3.24. The highest BCUT2D eigenvalue weighted by Crippen LogP contribution is 2.30. The van der Waals surface area contributed by atoms with Crippen molar-refractivity contribution in [2.45, 2.75) is 0 Å². The number of thiazole rings is 1. The molecule has 1 heterocycles. The number of rotatable bonds is 4. The predicted octanol–water partition coefficient (Wildman–Crippen LogP) is 3.44. The van der Waals surface area contributed by atoms with Crippen LogP contribution in [0, 0.1) is 0 Å². The maximum Gasteiger partial charge on any atom is 0.357 e. The molecule has 100 valence electrons. The van der Waals surface area contributed by atoms with Crippen LogP contribution < -0.4 is 10.1 Å². The normalized spacial score (nSPS) is 10.1. The molecule has 5 nitrogen and oxygen atoms in total. The molecular formula is C12H11BrN2O3S. The summed E-state index contributed by atoms with van der Waals surface area (Å²) in [5, 5.41) is 5.37. The van der Waals surface area contributed by atoms with Crippen molar-refractivity contribution in [3.63, 3.8) is 0 Å². The first-order chi connectivity index (χ1) is 9.13. The summed E-state index contributed by atoms with van der Waals surface area (Å²) in [6, 6.07) is 5.55. The molecule has 1 N–H and O–H groups in total. The molecule has 0 saturated carbocycles. The molecule has 7 heteroatoms. The summed E-state index contributed by atoms with van der Waals surface area (Å²) in [7, 11) is 2.93. The molecule has 0 unspecified atom stereocenters. The molecule has 0 spiro atoms. The lowest BCUT2D eigenvalue weighted by molar-refractivity contribution is 0.0595. The topological polar surface area (TPSA) is 60.5 Å². The van der Waals surface area contributed by atoms with Crippen molar-refractivity contribution in [3.05, 3.63) is 33.7 Å². The Labute approximate surface area is 122 Å². The van der Waals surface area contributed by atoms with Gasteiger partial charge in [0, 0.05) is 15.9 Å². The second-order valence-corrected chi connectivity index (χ2v) is 5.21. The van der Waals surface area contributed by atoms with Crippen molar-refractivity contribution in [1.29, 1.82) is 0 Å². The Kier molecular flexibility index (Phi) is 4.39. The molecule has 0 aliphatic heterocycles. The number of benzene rings is 1. The van der Waals surface area contributed by atoms with Crippen LogP contribution in [0.5, 0.6) is 5.75 Å². The fraction of sp³-hybridized carbons (Fsp3) is 0.167. The predicted molar refractivity (Wildman–Crippen MR) is 77.4 cm³/mol. The minimum Gasteiger partial charge on any atom is -0.497 e. The SMILES string of the molecule is COC(=O)c1csc(Nc2cc(OC)ccc2Br)n1. The summed E-state index contributed by atoms with van der Waals surface area (Å²) in [4.78, 5) is 15.5. The van der Waals surface area contributed by atoms with Crippen LogP contribution in [-0.4, -0.2) is 25.2 Å². The second kappa shape index (κ2) is 6.03. The Morgan fingerprint density at radius 2 is 2.21 bits per heavy atom. The number of carbonyl (C=O) groups is 1. The van der Waals surface area contributed by atoms with Gasteiger partial charge in [-0.25, -0.2) is 9.78 Å². The highest BCUT2D eigenvalue weighted by Gasteiger charge is 2.11. The van der Waals surface area contributed by atoms with Crippen LogP contribution in [0.2, 0.25) is 0 Å². The molecule has 1 aromatic carbocycles. The average molecular weight is 343 g/mol. The lowest BCUT2D eigenvalue weighted by atomic mass is 10.3. The van der Waals surface area contributed by atoms with Crippen LogP contribution in [0.15, 0.2) is 28.1 Å². The maximum atomic E-state index is 11.3. The smallest absolute Gasteiger partial charge is 0.357 e. The number of anilines is 2. The molecule has 0 aliphatic carbocycles. The Morgan fingerprint density at radius 3 is 2.89 bits per heavy atom. The van der Waals surface area contributed by atoms with Gasteiger partial charge < -0.3 is 14.8 Å². The standard InChI is InChI=1S/C12H11BrN2O3S/c1-17-7-3-4-8(13)9(5-7)14-12-15-10(6-19-12)11(16)18-2/h3-6H,1-2H3,(H,14,15). The van der Waals surface area contributed by atoms with E-state index in [1.165, 1.54) is 18.4 Å². The Morgan fingerprint density at radius 1 is 1.42 bits per heavy atom. The first-order valence-electron chi connectivity index (χ1n) is 5.28. The summed E-state index contributed by atoms with van der Waals surface area (Å²) < 4.78 is 10.6. The van der Waals surface area contributed by atoms with Gasteiger partial charge in [-0.1, -0.05) is 0 Å². The zero-order valence-electron chi connectivity index (χ0n) is 10.3. The lowest BCUT2D eigenvalue weighted by Crippen LogP contribution is -2.01. The fourth-order valence-electron chi connectivity index (χ4n) is 1.37. The molecule has 2 rings (SSSR count). The van der Waals surface area contributed by atoms with E-state index in [-0.39, 0.29) is 5.69 Å². The summed E-state index contributed by atoms with van der Waals surface area (Å²) in [6.45, 7) is 0. The third-order valence-corrected chi connectivity index (χ3v) is 3.76. The summed E-state index contributed by atoms with van der Waals surface area (Å²) in [5.74, 6) is 0.282. The number of methoxy groups -OCH3 is 2. The average Bonchev–Trinajstić information content (AvgIpc) is 2.89. The highest BCUT2D eigenvalue weighted by atomic mass is 79.9. The van der Waals surface area contributed by atoms with Crippen molar-refractivity contribution in [2.75, 3.05) is 19.5 Å². The van der Waals surface area contributed by atoms with Crippen LogP contribution in [0.4, 0.5) is 10.8 Å². The molecular weight excluding hydrogens is 332 g/mol. The van der Waals surface area contributed by atoms with Gasteiger partial charge in [0.25, 0.3) is 0 Å². The number of ether oxygens (including phenoxy) is 2. The molecule has 0 bridgehead atoms. The van der Waals surface area contributed by atoms with Crippen molar-refractivity contribution in [1.82, 2.24) is 4.98 Å². The summed E-state index contributed by atoms with van der Waals surface area (Å²) in [5.41, 5.74) is 1.10. The van der Waals surface area contributed by atoms with E-state index in [4.69, 9.17) is 4.74 Å². The van der Waals surface area contributed by atoms with Gasteiger partial charge in [-0.15, -0.1) is 11.3 Å². The van der Waals surface area contributed by atoms with E-state index >= 15 is 0 Å². The van der Waals surface area contributed by atoms with Crippen LogP contribution in [-0.2, 0) is 4.74 Å². The van der Waals surface area contributed by atoms with Crippen molar-refractivity contribution in [2.24, 2.45) is 0 Å². The Hall–Kier alpha value is -1.60. The molecule has 2 aromatic rings. The second-order valence-electron chi connectivity index (χ2n) is 3.50. The van der Waals surface area contributed by atoms with E-state index in [1.807, 2.05) is 18.2 Å². The van der Waals surface area contributed by atoms with Gasteiger partial charge >= 0.3 is 5.97 Å². The van der Waals surface area contributed by atoms with Gasteiger partial charge in [0.15, 0.2) is 10.8 Å². The van der Waals surface area contributed by atoms with Gasteiger partial charge in [-0.05, 0) is 28.1 Å². The van der Waals surface area contributed by atoms with Crippen LogP contribution >= 0.6 is 27.3 Å². The number of halogens is 1. The maximum absolute atomic E-state index is 11.3. The molecule has 1 aromatic heterocycles. The van der Waals surface area contributed by atoms with Gasteiger partial charge in [-0.2, -0.15) is 0 Å². The van der Waals surface area contributed by atoms with Gasteiger partial charge in [0.1, 0.15) is 5.75 Å². The van der Waals surface area contributed by atoms with E-state index in [0.717, 1.165) is 15.9 Å². The van der Waals surface area contributed by atoms with Gasteiger partial charge in [0.2, 0.25) is 0 Å². The largest absolute Gasteiger partial charge is 0.497 e. The number of aromatic nitrogens is 1. The Balaban J connectivity index is 2.21. The highest BCUT2D eigenvalue weighted by molar-refractivity contribution is 9.10. The van der Waals surface area contributed by atoms with E-state index in [9.17, 15) is 4.79 Å². The van der Waals surface area contributed by atoms with E-state index < -0.39 is 5.97 Å².